The van der Waals surface area contributed by atoms with Gasteiger partial charge in [0.2, 0.25) is 5.91 Å². The minimum Gasteiger partial charge on any atom is -0.337 e. The molecule has 4 heterocycles. The first-order chi connectivity index (χ1) is 22.1. The standard InChI is InChI=1S/C34H29ClFN5O4S/c35-30-26(24-9-10-28-29(18-24)41(21-38-28)19-22-5-4-8-25(36)17-22)11-14-37-31(30)39-32(42)27-12-16-46(44,45)34(27)13-15-40(20-34)33(43)23-6-2-1-3-7-23/h1-11,14,17-18,21,27H,12-13,15-16,19-20H2,(H,37,39,42). The molecule has 5 aromatic rings. The number of anilines is 1. The first kappa shape index (κ1) is 30.1. The van der Waals surface area contributed by atoms with Gasteiger partial charge in [0.1, 0.15) is 10.6 Å². The number of hydrogen-bond acceptors (Lipinski definition) is 6. The summed E-state index contributed by atoms with van der Waals surface area (Å²) in [5.41, 5.74) is 4.19. The number of halogens is 2. The van der Waals surface area contributed by atoms with E-state index >= 15 is 0 Å². The third-order valence-electron chi connectivity index (χ3n) is 9.12. The van der Waals surface area contributed by atoms with Gasteiger partial charge < -0.3 is 14.8 Å². The van der Waals surface area contributed by atoms with Gasteiger partial charge >= 0.3 is 0 Å². The summed E-state index contributed by atoms with van der Waals surface area (Å²) in [6.07, 6.45) is 3.55. The smallest absolute Gasteiger partial charge is 0.253 e. The van der Waals surface area contributed by atoms with E-state index in [-0.39, 0.29) is 54.2 Å². The number of imidazole rings is 1. The van der Waals surface area contributed by atoms with Gasteiger partial charge in [-0.15, -0.1) is 0 Å². The fourth-order valence-electron chi connectivity index (χ4n) is 6.75. The second-order valence-corrected chi connectivity index (χ2v) is 14.6. The molecule has 2 unspecified atom stereocenters. The van der Waals surface area contributed by atoms with E-state index in [1.54, 1.807) is 48.8 Å². The molecule has 2 saturated heterocycles. The molecule has 0 bridgehead atoms. The molecule has 46 heavy (non-hydrogen) atoms. The third kappa shape index (κ3) is 5.23. The Bertz CT molecular complexity index is 2110. The van der Waals surface area contributed by atoms with Crippen molar-refractivity contribution in [2.75, 3.05) is 24.2 Å². The predicted molar refractivity (Wildman–Crippen MR) is 174 cm³/mol. The van der Waals surface area contributed by atoms with Gasteiger partial charge in [-0.2, -0.15) is 0 Å². The Morgan fingerprint density at radius 2 is 1.85 bits per heavy atom. The van der Waals surface area contributed by atoms with Crippen LogP contribution in [0.15, 0.2) is 91.4 Å². The first-order valence-corrected chi connectivity index (χ1v) is 16.9. The quantitative estimate of drug-likeness (QED) is 0.254. The number of nitrogens with one attached hydrogen (secondary N) is 1. The number of fused-ring (bicyclic) bond motifs is 1. The van der Waals surface area contributed by atoms with Crippen LogP contribution >= 0.6 is 11.6 Å². The normalized spacial score (nSPS) is 20.4. The Kier molecular flexibility index (Phi) is 7.60. The summed E-state index contributed by atoms with van der Waals surface area (Å²) in [6.45, 7) is 0.610. The number of hydrogen-bond donors (Lipinski definition) is 1. The largest absolute Gasteiger partial charge is 0.337 e. The predicted octanol–water partition coefficient (Wildman–Crippen LogP) is 5.60. The number of pyridine rings is 1. The van der Waals surface area contributed by atoms with E-state index in [2.05, 4.69) is 15.3 Å². The number of rotatable bonds is 6. The number of aromatic nitrogens is 3. The van der Waals surface area contributed by atoms with Gasteiger partial charge in [-0.1, -0.05) is 48.0 Å². The van der Waals surface area contributed by atoms with Crippen molar-refractivity contribution in [2.45, 2.75) is 24.1 Å². The molecule has 2 amide bonds. The molecule has 0 radical (unpaired) electrons. The molecule has 3 aromatic carbocycles. The summed E-state index contributed by atoms with van der Waals surface area (Å²) >= 11 is 6.83. The summed E-state index contributed by atoms with van der Waals surface area (Å²) in [7, 11) is -3.66. The molecular formula is C34H29ClFN5O4S. The lowest BCUT2D eigenvalue weighted by Gasteiger charge is -2.29. The minimum absolute atomic E-state index is 0.0499. The molecule has 9 nitrogen and oxygen atoms in total. The minimum atomic E-state index is -3.66. The maximum absolute atomic E-state index is 13.8. The van der Waals surface area contributed by atoms with Gasteiger partial charge in [0, 0.05) is 37.0 Å². The Morgan fingerprint density at radius 3 is 2.65 bits per heavy atom. The lowest BCUT2D eigenvalue weighted by atomic mass is 9.88. The number of benzene rings is 3. The summed E-state index contributed by atoms with van der Waals surface area (Å²) in [5, 5.41) is 3.01. The number of carbonyl (C=O) groups is 2. The Morgan fingerprint density at radius 1 is 1.02 bits per heavy atom. The average Bonchev–Trinajstić information content (AvgIpc) is 3.74. The fourth-order valence-corrected chi connectivity index (χ4v) is 9.38. The maximum Gasteiger partial charge on any atom is 0.253 e. The van der Waals surface area contributed by atoms with E-state index in [1.165, 1.54) is 23.2 Å². The summed E-state index contributed by atoms with van der Waals surface area (Å²) in [6, 6.07) is 22.5. The van der Waals surface area contributed by atoms with Crippen LogP contribution in [0.1, 0.15) is 28.8 Å². The molecule has 0 aliphatic carbocycles. The lowest BCUT2D eigenvalue weighted by Crippen LogP contribution is -2.48. The summed E-state index contributed by atoms with van der Waals surface area (Å²) in [4.78, 5) is 37.2. The second kappa shape index (κ2) is 11.6. The van der Waals surface area contributed by atoms with E-state index in [9.17, 15) is 22.4 Å². The van der Waals surface area contributed by atoms with Crippen LogP contribution in [-0.4, -0.2) is 63.3 Å². The van der Waals surface area contributed by atoms with Crippen molar-refractivity contribution in [1.29, 1.82) is 0 Å². The van der Waals surface area contributed by atoms with Gasteiger partial charge in [-0.05, 0) is 66.4 Å². The van der Waals surface area contributed by atoms with Crippen LogP contribution in [0, 0.1) is 11.7 Å². The van der Waals surface area contributed by atoms with Crippen LogP contribution in [0.4, 0.5) is 10.2 Å². The molecule has 2 fully saturated rings. The molecule has 1 spiro atoms. The van der Waals surface area contributed by atoms with Crippen LogP contribution in [0.5, 0.6) is 0 Å². The van der Waals surface area contributed by atoms with E-state index in [0.717, 1.165) is 22.2 Å². The zero-order chi connectivity index (χ0) is 32.1. The van der Waals surface area contributed by atoms with Crippen LogP contribution in [-0.2, 0) is 21.2 Å². The molecule has 2 aliphatic heterocycles. The second-order valence-electron chi connectivity index (χ2n) is 11.8. The molecule has 2 atom stereocenters. The number of likely N-dealkylation sites (tertiary alicyclic amines) is 1. The highest BCUT2D eigenvalue weighted by Gasteiger charge is 2.61. The topological polar surface area (TPSA) is 114 Å². The Hall–Kier alpha value is -4.61. The van der Waals surface area contributed by atoms with Crippen molar-refractivity contribution in [2.24, 2.45) is 5.92 Å². The highest BCUT2D eigenvalue weighted by Crippen LogP contribution is 2.46. The van der Waals surface area contributed by atoms with Gasteiger partial charge in [0.25, 0.3) is 5.91 Å². The van der Waals surface area contributed by atoms with E-state index in [1.807, 2.05) is 28.8 Å². The van der Waals surface area contributed by atoms with Crippen molar-refractivity contribution < 1.29 is 22.4 Å². The molecule has 234 valence electrons. The number of amides is 2. The summed E-state index contributed by atoms with van der Waals surface area (Å²) < 4.78 is 41.2. The van der Waals surface area contributed by atoms with Crippen molar-refractivity contribution >= 4 is 50.1 Å². The van der Waals surface area contributed by atoms with Crippen molar-refractivity contribution in [1.82, 2.24) is 19.4 Å². The van der Waals surface area contributed by atoms with Gasteiger partial charge in [-0.25, -0.2) is 22.8 Å². The highest BCUT2D eigenvalue weighted by molar-refractivity contribution is 7.93. The van der Waals surface area contributed by atoms with Crippen LogP contribution in [0.2, 0.25) is 5.02 Å². The van der Waals surface area contributed by atoms with Crippen molar-refractivity contribution in [3.8, 4) is 11.1 Å². The van der Waals surface area contributed by atoms with Gasteiger partial charge in [0.05, 0.1) is 34.1 Å². The molecule has 7 rings (SSSR count). The molecular weight excluding hydrogens is 629 g/mol. The molecule has 12 heteroatoms. The Balaban J connectivity index is 1.14. The van der Waals surface area contributed by atoms with Crippen LogP contribution < -0.4 is 5.32 Å². The zero-order valence-corrected chi connectivity index (χ0v) is 26.1. The number of nitrogens with zero attached hydrogens (tertiary/aromatic N) is 4. The fraction of sp³-hybridized carbons (Fsp3) is 0.235. The monoisotopic (exact) mass is 657 g/mol. The number of sulfone groups is 1. The maximum atomic E-state index is 13.8. The van der Waals surface area contributed by atoms with Gasteiger partial charge in [-0.3, -0.25) is 9.59 Å². The van der Waals surface area contributed by atoms with E-state index in [4.69, 9.17) is 11.6 Å². The van der Waals surface area contributed by atoms with Gasteiger partial charge in [0.15, 0.2) is 15.7 Å². The van der Waals surface area contributed by atoms with Crippen molar-refractivity contribution in [3.63, 3.8) is 0 Å². The SMILES string of the molecule is O=C(Nc1nccc(-c2ccc3ncn(Cc4cccc(F)c4)c3c2)c1Cl)C1CCS(=O)(=O)C12CCN(C(=O)c1ccccc1)C2. The first-order valence-electron chi connectivity index (χ1n) is 14.9. The van der Waals surface area contributed by atoms with E-state index < -0.39 is 26.4 Å². The molecule has 2 aromatic heterocycles. The van der Waals surface area contributed by atoms with E-state index in [0.29, 0.717) is 17.7 Å². The third-order valence-corrected chi connectivity index (χ3v) is 12.1. The molecule has 0 saturated carbocycles. The van der Waals surface area contributed by atoms with Crippen molar-refractivity contribution in [3.05, 3.63) is 113 Å². The highest BCUT2D eigenvalue weighted by atomic mass is 35.5. The lowest BCUT2D eigenvalue weighted by molar-refractivity contribution is -0.120. The number of carbonyl (C=O) groups excluding carboxylic acids is 2. The zero-order valence-electron chi connectivity index (χ0n) is 24.6. The molecule has 2 aliphatic rings. The average molecular weight is 658 g/mol. The Labute approximate surface area is 270 Å². The van der Waals surface area contributed by atoms with Crippen LogP contribution in [0.3, 0.4) is 0 Å². The summed E-state index contributed by atoms with van der Waals surface area (Å²) in [5.74, 6) is -1.96. The molecule has 1 N–H and O–H groups in total. The van der Waals surface area contributed by atoms with Crippen LogP contribution in [0.25, 0.3) is 22.2 Å².